The van der Waals surface area contributed by atoms with E-state index >= 15 is 0 Å². The van der Waals surface area contributed by atoms with E-state index in [0.717, 1.165) is 11.3 Å². The summed E-state index contributed by atoms with van der Waals surface area (Å²) in [5, 5.41) is 14.0. The molecule has 3 rings (SSSR count). The quantitative estimate of drug-likeness (QED) is 0.641. The zero-order valence-electron chi connectivity index (χ0n) is 16.4. The standard InChI is InChI=1S/C22H23N5O2/c1-3-27(15-17-8-5-4-6-9-17)22(29)20-12-13-21(26-25-20)24-19-11-7-10-18(14-19)23-16(2)28/h4-14H,3,15H2,1-2H3,(H,23,28)(H,24,26). The van der Waals surface area contributed by atoms with Crippen molar-refractivity contribution in [3.05, 3.63) is 78.0 Å². The number of amides is 2. The van der Waals surface area contributed by atoms with Gasteiger partial charge >= 0.3 is 0 Å². The fraction of sp³-hybridized carbons (Fsp3) is 0.182. The number of aromatic nitrogens is 2. The second-order valence-corrected chi connectivity index (χ2v) is 6.50. The lowest BCUT2D eigenvalue weighted by Crippen LogP contribution is -2.31. The molecule has 7 nitrogen and oxygen atoms in total. The molecule has 2 amide bonds. The Labute approximate surface area is 169 Å². The summed E-state index contributed by atoms with van der Waals surface area (Å²) in [6.45, 7) is 4.49. The van der Waals surface area contributed by atoms with Crippen molar-refractivity contribution >= 4 is 29.0 Å². The van der Waals surface area contributed by atoms with Crippen LogP contribution in [-0.4, -0.2) is 33.5 Å². The largest absolute Gasteiger partial charge is 0.339 e. The second-order valence-electron chi connectivity index (χ2n) is 6.50. The van der Waals surface area contributed by atoms with Gasteiger partial charge in [-0.25, -0.2) is 0 Å². The lowest BCUT2D eigenvalue weighted by atomic mass is 10.2. The second kappa shape index (κ2) is 9.45. The molecule has 29 heavy (non-hydrogen) atoms. The van der Waals surface area contributed by atoms with Crippen LogP contribution in [-0.2, 0) is 11.3 Å². The molecule has 3 aromatic rings. The lowest BCUT2D eigenvalue weighted by molar-refractivity contribution is -0.114. The molecule has 0 radical (unpaired) electrons. The molecule has 0 spiro atoms. The molecule has 0 unspecified atom stereocenters. The fourth-order valence-electron chi connectivity index (χ4n) is 2.83. The maximum Gasteiger partial charge on any atom is 0.274 e. The highest BCUT2D eigenvalue weighted by Crippen LogP contribution is 2.19. The summed E-state index contributed by atoms with van der Waals surface area (Å²) in [7, 11) is 0. The Bertz CT molecular complexity index is 974. The first kappa shape index (κ1) is 20.0. The van der Waals surface area contributed by atoms with Gasteiger partial charge in [-0.2, -0.15) is 0 Å². The van der Waals surface area contributed by atoms with Crippen molar-refractivity contribution in [1.82, 2.24) is 15.1 Å². The first-order valence-electron chi connectivity index (χ1n) is 9.36. The molecule has 0 aliphatic carbocycles. The molecular formula is C22H23N5O2. The van der Waals surface area contributed by atoms with E-state index in [0.29, 0.717) is 30.3 Å². The van der Waals surface area contributed by atoms with Crippen LogP contribution in [0.2, 0.25) is 0 Å². The van der Waals surface area contributed by atoms with Crippen molar-refractivity contribution in [2.45, 2.75) is 20.4 Å². The Balaban J connectivity index is 1.67. The van der Waals surface area contributed by atoms with Crippen molar-refractivity contribution in [3.63, 3.8) is 0 Å². The van der Waals surface area contributed by atoms with Crippen LogP contribution in [0.25, 0.3) is 0 Å². The Hall–Kier alpha value is -3.74. The summed E-state index contributed by atoms with van der Waals surface area (Å²) in [5.74, 6) is 0.205. The molecule has 1 heterocycles. The monoisotopic (exact) mass is 389 g/mol. The summed E-state index contributed by atoms with van der Waals surface area (Å²) in [6.07, 6.45) is 0. The molecule has 0 saturated carbocycles. The van der Waals surface area contributed by atoms with Gasteiger partial charge in [0.2, 0.25) is 5.91 Å². The molecular weight excluding hydrogens is 366 g/mol. The molecule has 0 aliphatic rings. The molecule has 0 saturated heterocycles. The van der Waals surface area contributed by atoms with Gasteiger partial charge in [0, 0.05) is 31.4 Å². The summed E-state index contributed by atoms with van der Waals surface area (Å²) in [4.78, 5) is 25.7. The van der Waals surface area contributed by atoms with Gasteiger partial charge < -0.3 is 15.5 Å². The molecule has 0 bridgehead atoms. The normalized spacial score (nSPS) is 10.3. The fourth-order valence-corrected chi connectivity index (χ4v) is 2.83. The molecule has 148 valence electrons. The van der Waals surface area contributed by atoms with Gasteiger partial charge in [0.15, 0.2) is 11.5 Å². The highest BCUT2D eigenvalue weighted by molar-refractivity contribution is 5.92. The van der Waals surface area contributed by atoms with Gasteiger partial charge in [-0.15, -0.1) is 10.2 Å². The topological polar surface area (TPSA) is 87.2 Å². The minimum Gasteiger partial charge on any atom is -0.339 e. The van der Waals surface area contributed by atoms with E-state index in [-0.39, 0.29) is 11.8 Å². The third-order valence-electron chi connectivity index (χ3n) is 4.22. The zero-order chi connectivity index (χ0) is 20.6. The third kappa shape index (κ3) is 5.62. The molecule has 2 N–H and O–H groups in total. The number of nitrogens with zero attached hydrogens (tertiary/aromatic N) is 3. The van der Waals surface area contributed by atoms with E-state index in [4.69, 9.17) is 0 Å². The van der Waals surface area contributed by atoms with Gasteiger partial charge in [0.25, 0.3) is 5.91 Å². The van der Waals surface area contributed by atoms with Crippen LogP contribution < -0.4 is 10.6 Å². The number of anilines is 3. The minimum atomic E-state index is -0.164. The van der Waals surface area contributed by atoms with Gasteiger partial charge in [-0.3, -0.25) is 9.59 Å². The number of hydrogen-bond donors (Lipinski definition) is 2. The Morgan fingerprint density at radius 1 is 0.931 bits per heavy atom. The number of carbonyl (C=O) groups excluding carboxylic acids is 2. The SMILES string of the molecule is CCN(Cc1ccccc1)C(=O)c1ccc(Nc2cccc(NC(C)=O)c2)nn1. The maximum atomic E-state index is 12.8. The van der Waals surface area contributed by atoms with Gasteiger partial charge in [-0.1, -0.05) is 36.4 Å². The van der Waals surface area contributed by atoms with Gasteiger partial charge in [-0.05, 0) is 42.8 Å². The smallest absolute Gasteiger partial charge is 0.274 e. The zero-order valence-corrected chi connectivity index (χ0v) is 16.4. The first-order chi connectivity index (χ1) is 14.0. The van der Waals surface area contributed by atoms with E-state index < -0.39 is 0 Å². The van der Waals surface area contributed by atoms with Crippen LogP contribution in [0.3, 0.4) is 0 Å². The highest BCUT2D eigenvalue weighted by atomic mass is 16.2. The van der Waals surface area contributed by atoms with E-state index in [9.17, 15) is 9.59 Å². The number of rotatable bonds is 7. The summed E-state index contributed by atoms with van der Waals surface area (Å²) >= 11 is 0. The maximum absolute atomic E-state index is 12.8. The van der Waals surface area contributed by atoms with Crippen molar-refractivity contribution in [3.8, 4) is 0 Å². The third-order valence-corrected chi connectivity index (χ3v) is 4.22. The molecule has 7 heteroatoms. The summed E-state index contributed by atoms with van der Waals surface area (Å²) in [6, 6.07) is 20.5. The molecule has 0 aliphatic heterocycles. The average molecular weight is 389 g/mol. The number of carbonyl (C=O) groups is 2. The van der Waals surface area contributed by atoms with Crippen molar-refractivity contribution in [2.75, 3.05) is 17.2 Å². The van der Waals surface area contributed by atoms with Crippen molar-refractivity contribution < 1.29 is 9.59 Å². The van der Waals surface area contributed by atoms with Crippen LogP contribution in [0, 0.1) is 0 Å². The number of benzene rings is 2. The predicted molar refractivity (Wildman–Crippen MR) is 113 cm³/mol. The van der Waals surface area contributed by atoms with Crippen LogP contribution in [0.4, 0.5) is 17.2 Å². The Morgan fingerprint density at radius 2 is 1.69 bits per heavy atom. The number of nitrogens with one attached hydrogen (secondary N) is 2. The highest BCUT2D eigenvalue weighted by Gasteiger charge is 2.16. The molecule has 1 aromatic heterocycles. The Kier molecular flexibility index (Phi) is 6.52. The van der Waals surface area contributed by atoms with Crippen LogP contribution in [0.1, 0.15) is 29.9 Å². The van der Waals surface area contributed by atoms with Crippen LogP contribution >= 0.6 is 0 Å². The molecule has 0 atom stereocenters. The number of hydrogen-bond acceptors (Lipinski definition) is 5. The first-order valence-corrected chi connectivity index (χ1v) is 9.36. The predicted octanol–water partition coefficient (Wildman–Crippen LogP) is 3.84. The van der Waals surface area contributed by atoms with E-state index in [2.05, 4.69) is 20.8 Å². The van der Waals surface area contributed by atoms with Gasteiger partial charge in [0.05, 0.1) is 0 Å². The average Bonchev–Trinajstić information content (AvgIpc) is 2.72. The minimum absolute atomic E-state index is 0.138. The summed E-state index contributed by atoms with van der Waals surface area (Å²) in [5.41, 5.74) is 2.79. The Morgan fingerprint density at radius 3 is 2.34 bits per heavy atom. The van der Waals surface area contributed by atoms with Gasteiger partial charge in [0.1, 0.15) is 0 Å². The molecule has 0 fully saturated rings. The summed E-state index contributed by atoms with van der Waals surface area (Å²) < 4.78 is 0. The van der Waals surface area contributed by atoms with E-state index in [1.807, 2.05) is 49.4 Å². The van der Waals surface area contributed by atoms with Crippen molar-refractivity contribution in [2.24, 2.45) is 0 Å². The van der Waals surface area contributed by atoms with Crippen LogP contribution in [0.15, 0.2) is 66.7 Å². The van der Waals surface area contributed by atoms with Crippen molar-refractivity contribution in [1.29, 1.82) is 0 Å². The van der Waals surface area contributed by atoms with Crippen LogP contribution in [0.5, 0.6) is 0 Å². The van der Waals surface area contributed by atoms with E-state index in [1.54, 1.807) is 29.2 Å². The lowest BCUT2D eigenvalue weighted by Gasteiger charge is -2.20. The van der Waals surface area contributed by atoms with E-state index in [1.165, 1.54) is 6.92 Å². The molecule has 2 aromatic carbocycles.